The van der Waals surface area contributed by atoms with E-state index in [1.807, 2.05) is 0 Å². The van der Waals surface area contributed by atoms with Gasteiger partial charge in [0.05, 0.1) is 0 Å². The zero-order valence-corrected chi connectivity index (χ0v) is 11.3. The van der Waals surface area contributed by atoms with Gasteiger partial charge < -0.3 is 0 Å². The third-order valence-electron chi connectivity index (χ3n) is 7.24. The van der Waals surface area contributed by atoms with E-state index >= 15 is 0 Å². The second kappa shape index (κ2) is 2.54. The predicted octanol–water partition coefficient (Wildman–Crippen LogP) is 4.35. The van der Waals surface area contributed by atoms with Gasteiger partial charge >= 0.3 is 0 Å². The highest BCUT2D eigenvalue weighted by atomic mass is 14.8. The molecule has 16 heavy (non-hydrogen) atoms. The largest absolute Gasteiger partial charge is 0.0596 e. The highest BCUT2D eigenvalue weighted by Gasteiger charge is 2.71. The van der Waals surface area contributed by atoms with Gasteiger partial charge in [0.25, 0.3) is 0 Å². The summed E-state index contributed by atoms with van der Waals surface area (Å²) in [7, 11) is 0. The number of hydrogen-bond acceptors (Lipinski definition) is 0. The lowest BCUT2D eigenvalue weighted by Gasteiger charge is -2.43. The van der Waals surface area contributed by atoms with Crippen LogP contribution in [-0.4, -0.2) is 0 Å². The van der Waals surface area contributed by atoms with Gasteiger partial charge in [-0.2, -0.15) is 0 Å². The normalized spacial score (nSPS) is 59.2. The zero-order chi connectivity index (χ0) is 11.3. The smallest absolute Gasteiger partial charge is 0.0275 e. The molecule has 0 spiro atoms. The van der Waals surface area contributed by atoms with Crippen molar-refractivity contribution in [3.63, 3.8) is 0 Å². The van der Waals surface area contributed by atoms with Gasteiger partial charge in [-0.15, -0.1) is 0 Å². The average Bonchev–Trinajstić information content (AvgIpc) is 2.81. The fraction of sp³-hybridized carbons (Fsp3) is 1.00. The standard InChI is InChI=1S/C16H26/c1-15(2)8-11-12-9-5-6-10(7-9)13(12)14(15)16(11,3)4/h9-14H,5-8H2,1-4H3. The second-order valence-electron chi connectivity index (χ2n) is 8.59. The Balaban J connectivity index is 1.82. The summed E-state index contributed by atoms with van der Waals surface area (Å²) in [4.78, 5) is 0. The van der Waals surface area contributed by atoms with Crippen LogP contribution in [0.25, 0.3) is 0 Å². The number of hydrogen-bond donors (Lipinski definition) is 0. The van der Waals surface area contributed by atoms with E-state index in [-0.39, 0.29) is 0 Å². The molecule has 6 atom stereocenters. The molecule has 0 amide bonds. The van der Waals surface area contributed by atoms with Gasteiger partial charge in [0.1, 0.15) is 0 Å². The maximum atomic E-state index is 2.59. The summed E-state index contributed by atoms with van der Waals surface area (Å²) in [5.74, 6) is 6.64. The maximum absolute atomic E-state index is 2.59. The first-order chi connectivity index (χ1) is 7.43. The Hall–Kier alpha value is 0. The van der Waals surface area contributed by atoms with Crippen LogP contribution < -0.4 is 0 Å². The average molecular weight is 218 g/mol. The Morgan fingerprint density at radius 3 is 2.19 bits per heavy atom. The Morgan fingerprint density at radius 1 is 0.875 bits per heavy atom. The van der Waals surface area contributed by atoms with E-state index in [0.29, 0.717) is 10.8 Å². The van der Waals surface area contributed by atoms with E-state index in [2.05, 4.69) is 27.7 Å². The molecule has 4 fully saturated rings. The molecule has 4 aliphatic carbocycles. The molecule has 0 aliphatic heterocycles. The molecular weight excluding hydrogens is 192 g/mol. The van der Waals surface area contributed by atoms with E-state index in [9.17, 15) is 0 Å². The molecule has 90 valence electrons. The molecule has 4 aliphatic rings. The Labute approximate surface area is 100 Å². The molecule has 0 aromatic rings. The third kappa shape index (κ3) is 0.875. The van der Waals surface area contributed by atoms with Crippen molar-refractivity contribution in [2.45, 2.75) is 53.4 Å². The molecule has 4 bridgehead atoms. The Morgan fingerprint density at radius 2 is 1.50 bits per heavy atom. The summed E-state index contributed by atoms with van der Waals surface area (Å²) >= 11 is 0. The molecule has 0 aromatic carbocycles. The van der Waals surface area contributed by atoms with Crippen LogP contribution in [0.3, 0.4) is 0 Å². The molecular formula is C16H26. The van der Waals surface area contributed by atoms with E-state index < -0.39 is 0 Å². The van der Waals surface area contributed by atoms with Crippen molar-refractivity contribution in [3.05, 3.63) is 0 Å². The van der Waals surface area contributed by atoms with Crippen molar-refractivity contribution in [1.29, 1.82) is 0 Å². The van der Waals surface area contributed by atoms with E-state index in [1.54, 1.807) is 19.3 Å². The van der Waals surface area contributed by atoms with Gasteiger partial charge in [-0.25, -0.2) is 0 Å². The maximum Gasteiger partial charge on any atom is -0.0275 e. The fourth-order valence-corrected chi connectivity index (χ4v) is 7.32. The molecule has 0 heteroatoms. The minimum Gasteiger partial charge on any atom is -0.0596 e. The van der Waals surface area contributed by atoms with Gasteiger partial charge in [0.15, 0.2) is 0 Å². The van der Waals surface area contributed by atoms with Crippen molar-refractivity contribution >= 4 is 0 Å². The topological polar surface area (TPSA) is 0 Å². The molecule has 4 rings (SSSR count). The highest BCUT2D eigenvalue weighted by Crippen LogP contribution is 2.77. The van der Waals surface area contributed by atoms with Gasteiger partial charge in [0.2, 0.25) is 0 Å². The summed E-state index contributed by atoms with van der Waals surface area (Å²) in [5, 5.41) is 0. The fourth-order valence-electron chi connectivity index (χ4n) is 7.32. The van der Waals surface area contributed by atoms with Crippen LogP contribution in [0.4, 0.5) is 0 Å². The van der Waals surface area contributed by atoms with Crippen LogP contribution in [0.2, 0.25) is 0 Å². The lowest BCUT2D eigenvalue weighted by molar-refractivity contribution is 0.0512. The molecule has 4 saturated carbocycles. The van der Waals surface area contributed by atoms with Crippen LogP contribution in [0, 0.1) is 46.3 Å². The van der Waals surface area contributed by atoms with Crippen molar-refractivity contribution in [2.75, 3.05) is 0 Å². The molecule has 0 aromatic heterocycles. The van der Waals surface area contributed by atoms with Gasteiger partial charge in [-0.3, -0.25) is 0 Å². The van der Waals surface area contributed by atoms with Crippen LogP contribution in [0.1, 0.15) is 53.4 Å². The van der Waals surface area contributed by atoms with Gasteiger partial charge in [-0.05, 0) is 72.0 Å². The monoisotopic (exact) mass is 218 g/mol. The minimum absolute atomic E-state index is 0.639. The second-order valence-corrected chi connectivity index (χ2v) is 8.59. The minimum atomic E-state index is 0.639. The van der Waals surface area contributed by atoms with Crippen LogP contribution in [0.15, 0.2) is 0 Å². The summed E-state index contributed by atoms with van der Waals surface area (Å²) in [6.07, 6.45) is 6.27. The summed E-state index contributed by atoms with van der Waals surface area (Å²) < 4.78 is 0. The van der Waals surface area contributed by atoms with E-state index in [4.69, 9.17) is 0 Å². The first-order valence-corrected chi connectivity index (χ1v) is 7.43. The zero-order valence-electron chi connectivity index (χ0n) is 11.3. The van der Waals surface area contributed by atoms with Gasteiger partial charge in [0, 0.05) is 0 Å². The van der Waals surface area contributed by atoms with Crippen LogP contribution in [0.5, 0.6) is 0 Å². The molecule has 0 nitrogen and oxygen atoms in total. The van der Waals surface area contributed by atoms with Crippen LogP contribution in [-0.2, 0) is 0 Å². The highest BCUT2D eigenvalue weighted by molar-refractivity contribution is 5.19. The summed E-state index contributed by atoms with van der Waals surface area (Å²) in [5.41, 5.74) is 1.29. The van der Waals surface area contributed by atoms with E-state index in [1.165, 1.54) is 6.42 Å². The van der Waals surface area contributed by atoms with Crippen molar-refractivity contribution < 1.29 is 0 Å². The molecule has 0 saturated heterocycles. The van der Waals surface area contributed by atoms with Gasteiger partial charge in [-0.1, -0.05) is 27.7 Å². The molecule has 0 radical (unpaired) electrons. The quantitative estimate of drug-likeness (QED) is 0.530. The number of rotatable bonds is 0. The number of fused-ring (bicyclic) bond motifs is 9. The first kappa shape index (κ1) is 9.97. The van der Waals surface area contributed by atoms with Crippen molar-refractivity contribution in [1.82, 2.24) is 0 Å². The summed E-state index contributed by atoms with van der Waals surface area (Å²) in [6.45, 7) is 10.3. The summed E-state index contributed by atoms with van der Waals surface area (Å²) in [6, 6.07) is 0. The van der Waals surface area contributed by atoms with Crippen LogP contribution >= 0.6 is 0 Å². The molecule has 6 unspecified atom stereocenters. The predicted molar refractivity (Wildman–Crippen MR) is 67.0 cm³/mol. The van der Waals surface area contributed by atoms with Crippen molar-refractivity contribution in [3.8, 4) is 0 Å². The lowest BCUT2D eigenvalue weighted by atomic mass is 9.62. The molecule has 0 N–H and O–H groups in total. The first-order valence-electron chi connectivity index (χ1n) is 7.43. The third-order valence-corrected chi connectivity index (χ3v) is 7.24. The Bertz CT molecular complexity index is 338. The molecule has 0 heterocycles. The SMILES string of the molecule is CC1(C)CC2C3C4CCC(C4)C3C1C2(C)C. The lowest BCUT2D eigenvalue weighted by Crippen LogP contribution is -2.37. The van der Waals surface area contributed by atoms with E-state index in [0.717, 1.165) is 35.5 Å². The Kier molecular flexibility index (Phi) is 1.59. The van der Waals surface area contributed by atoms with Crippen molar-refractivity contribution in [2.24, 2.45) is 46.3 Å².